The van der Waals surface area contributed by atoms with Gasteiger partial charge in [-0.15, -0.1) is 0 Å². The Balaban J connectivity index is 1.38. The van der Waals surface area contributed by atoms with Crippen LogP contribution in [0.15, 0.2) is 162 Å². The number of hydrogen-bond acceptors (Lipinski definition) is 4. The van der Waals surface area contributed by atoms with E-state index in [-0.39, 0.29) is 0 Å². The lowest BCUT2D eigenvalue weighted by atomic mass is 9.63. The highest BCUT2D eigenvalue weighted by Crippen LogP contribution is 2.62. The summed E-state index contributed by atoms with van der Waals surface area (Å²) < 4.78 is 29.4. The first-order valence-corrected chi connectivity index (χ1v) is 18.0. The van der Waals surface area contributed by atoms with Crippen LogP contribution >= 0.6 is 7.14 Å². The van der Waals surface area contributed by atoms with E-state index in [1.54, 1.807) is 0 Å². The first-order chi connectivity index (χ1) is 24.1. The molecule has 0 bridgehead atoms. The number of ether oxygens (including phenoxy) is 1. The van der Waals surface area contributed by atoms with Crippen LogP contribution in [0.5, 0.6) is 11.5 Å². The number of para-hydroxylation sites is 2. The molecule has 0 N–H and O–H groups in total. The molecule has 2 aliphatic heterocycles. The summed E-state index contributed by atoms with van der Waals surface area (Å²) in [5.74, 6) is 1.46. The smallest absolute Gasteiger partial charge is 0.171 e. The monoisotopic (exact) mass is 647 g/mol. The number of furan rings is 1. The van der Waals surface area contributed by atoms with Crippen LogP contribution in [-0.4, -0.2) is 0 Å². The van der Waals surface area contributed by atoms with Crippen molar-refractivity contribution in [3.63, 3.8) is 0 Å². The van der Waals surface area contributed by atoms with Gasteiger partial charge >= 0.3 is 0 Å². The van der Waals surface area contributed by atoms with Crippen LogP contribution in [-0.2, 0) is 9.98 Å². The van der Waals surface area contributed by atoms with Crippen LogP contribution in [0.3, 0.4) is 0 Å². The lowest BCUT2D eigenvalue weighted by Crippen LogP contribution is -2.47. The molecule has 0 saturated heterocycles. The summed E-state index contributed by atoms with van der Waals surface area (Å²) in [4.78, 5) is 0. The molecular weight excluding hydrogens is 621 g/mol. The third kappa shape index (κ3) is 3.71. The van der Waals surface area contributed by atoms with E-state index in [1.165, 1.54) is 0 Å². The highest BCUT2D eigenvalue weighted by Gasteiger charge is 2.55. The normalized spacial score (nSPS) is 18.6. The summed E-state index contributed by atoms with van der Waals surface area (Å²) in [5.41, 5.74) is 6.99. The third-order valence-corrected chi connectivity index (χ3v) is 13.4. The Morgan fingerprint density at radius 2 is 1.27 bits per heavy atom. The summed E-state index contributed by atoms with van der Waals surface area (Å²) in [5, 5.41) is 13.9. The van der Waals surface area contributed by atoms with Crippen molar-refractivity contribution in [3.05, 3.63) is 186 Å². The van der Waals surface area contributed by atoms with Gasteiger partial charge in [0.15, 0.2) is 7.14 Å². The summed E-state index contributed by atoms with van der Waals surface area (Å²) in [7, 11) is -3.41. The molecule has 1 aromatic heterocycles. The van der Waals surface area contributed by atoms with Gasteiger partial charge in [-0.1, -0.05) is 115 Å². The lowest BCUT2D eigenvalue weighted by molar-refractivity contribution is 0.435. The molecule has 1 spiro atoms. The van der Waals surface area contributed by atoms with Crippen molar-refractivity contribution >= 4 is 45.0 Å². The maximum Gasteiger partial charge on any atom is 0.171 e. The van der Waals surface area contributed by atoms with Gasteiger partial charge in [-0.25, -0.2) is 0 Å². The maximum atomic E-state index is 16.2. The van der Waals surface area contributed by atoms with Gasteiger partial charge in [0.25, 0.3) is 0 Å². The molecule has 0 radical (unpaired) electrons. The summed E-state index contributed by atoms with van der Waals surface area (Å²) in [6.07, 6.45) is 0. The second kappa shape index (κ2) is 10.2. The molecule has 4 nitrogen and oxygen atoms in total. The number of nitriles is 1. The minimum atomic E-state index is -3.41. The zero-order valence-corrected chi connectivity index (χ0v) is 27.0. The van der Waals surface area contributed by atoms with Crippen LogP contribution in [0.1, 0.15) is 27.8 Å². The maximum absolute atomic E-state index is 16.2. The van der Waals surface area contributed by atoms with Crippen LogP contribution in [0.25, 0.3) is 33.1 Å². The number of fused-ring (bicyclic) bond motifs is 11. The fraction of sp³-hybridized carbons (Fsp3) is 0.0227. The number of hydrogen-bond donors (Lipinski definition) is 0. The average molecular weight is 648 g/mol. The Labute approximate surface area is 282 Å². The van der Waals surface area contributed by atoms with E-state index in [0.717, 1.165) is 71.4 Å². The van der Waals surface area contributed by atoms with Gasteiger partial charge in [-0.2, -0.15) is 5.26 Å². The molecule has 0 saturated carbocycles. The van der Waals surface area contributed by atoms with Crippen molar-refractivity contribution in [2.75, 3.05) is 0 Å². The van der Waals surface area contributed by atoms with Crippen LogP contribution in [0.2, 0.25) is 0 Å². The number of benzene rings is 7. The topological polar surface area (TPSA) is 63.2 Å². The fourth-order valence-corrected chi connectivity index (χ4v) is 11.3. The van der Waals surface area contributed by atoms with Crippen molar-refractivity contribution in [2.45, 2.75) is 5.41 Å². The highest BCUT2D eigenvalue weighted by atomic mass is 31.2. The average Bonchev–Trinajstić information content (AvgIpc) is 3.54. The van der Waals surface area contributed by atoms with E-state index in [9.17, 15) is 5.26 Å². The molecule has 3 heterocycles. The Morgan fingerprint density at radius 3 is 2.14 bits per heavy atom. The Hall–Kier alpha value is -6.14. The Morgan fingerprint density at radius 1 is 0.531 bits per heavy atom. The minimum absolute atomic E-state index is 0.598. The predicted octanol–water partition coefficient (Wildman–Crippen LogP) is 9.57. The number of rotatable bonds is 2. The molecule has 5 heteroatoms. The molecule has 2 atom stereocenters. The molecule has 49 heavy (non-hydrogen) atoms. The van der Waals surface area contributed by atoms with E-state index < -0.39 is 12.6 Å². The molecule has 230 valence electrons. The quantitative estimate of drug-likeness (QED) is 0.175. The van der Waals surface area contributed by atoms with Crippen LogP contribution < -0.4 is 20.7 Å². The number of nitrogens with zero attached hydrogens (tertiary/aromatic N) is 1. The van der Waals surface area contributed by atoms with Crippen molar-refractivity contribution in [1.82, 2.24) is 0 Å². The van der Waals surface area contributed by atoms with E-state index in [2.05, 4.69) is 54.6 Å². The Bertz CT molecular complexity index is 2760. The molecule has 7 aromatic carbocycles. The third-order valence-electron chi connectivity index (χ3n) is 10.2. The second-order valence-electron chi connectivity index (χ2n) is 12.7. The van der Waals surface area contributed by atoms with E-state index in [1.807, 2.05) is 109 Å². The first-order valence-electron chi connectivity index (χ1n) is 16.3. The van der Waals surface area contributed by atoms with Crippen LogP contribution in [0.4, 0.5) is 0 Å². The van der Waals surface area contributed by atoms with E-state index >= 15 is 4.57 Å². The molecule has 0 amide bonds. The Kier molecular flexibility index (Phi) is 5.80. The SMILES string of the molecule is N#Cc1cccc(-c2ccc3c(c2)Oc2ccccc2C32c3ccccc3P(=O)(c3ccccc3)c3cc4oc5ccccc5c4cc32)c1. The predicted molar refractivity (Wildman–Crippen MR) is 195 cm³/mol. The lowest BCUT2D eigenvalue weighted by Gasteiger charge is -2.47. The van der Waals surface area contributed by atoms with Gasteiger partial charge in [-0.05, 0) is 64.7 Å². The van der Waals surface area contributed by atoms with Gasteiger partial charge in [-0.3, -0.25) is 0 Å². The molecule has 0 fully saturated rings. The largest absolute Gasteiger partial charge is 0.457 e. The fourth-order valence-electron chi connectivity index (χ4n) is 8.15. The first kappa shape index (κ1) is 27.9. The highest BCUT2D eigenvalue weighted by molar-refractivity contribution is 7.85. The van der Waals surface area contributed by atoms with Crippen molar-refractivity contribution in [3.8, 4) is 28.7 Å². The summed E-state index contributed by atoms with van der Waals surface area (Å²) in [6.45, 7) is 0. The van der Waals surface area contributed by atoms with Gasteiger partial charge in [0.05, 0.1) is 17.0 Å². The van der Waals surface area contributed by atoms with Gasteiger partial charge in [0.2, 0.25) is 0 Å². The minimum Gasteiger partial charge on any atom is -0.457 e. The second-order valence-corrected chi connectivity index (χ2v) is 15.4. The zero-order valence-electron chi connectivity index (χ0n) is 26.1. The van der Waals surface area contributed by atoms with Crippen molar-refractivity contribution in [1.29, 1.82) is 5.26 Å². The molecule has 10 rings (SSSR count). The van der Waals surface area contributed by atoms with Crippen LogP contribution in [0, 0.1) is 11.3 Å². The summed E-state index contributed by atoms with van der Waals surface area (Å²) >= 11 is 0. The molecule has 0 aliphatic carbocycles. The molecular formula is C44H26NO3P. The van der Waals surface area contributed by atoms with Gasteiger partial charge < -0.3 is 13.7 Å². The molecule has 8 aromatic rings. The molecule has 2 aliphatic rings. The standard InChI is InChI=1S/C44H26NO3P/c45-27-28-11-10-12-29(23-28)30-21-22-35-41(24-30)48-39-19-8-5-16-34(39)44(35)36-17-6-9-20-42(36)49(46,31-13-2-1-3-14-31)43-26-40-33(25-37(43)44)32-15-4-7-18-38(32)47-40/h1-26H. The molecule has 2 unspecified atom stereocenters. The van der Waals surface area contributed by atoms with Gasteiger partial charge in [0.1, 0.15) is 22.7 Å². The van der Waals surface area contributed by atoms with Gasteiger partial charge in [0, 0.05) is 37.8 Å². The summed E-state index contributed by atoms with van der Waals surface area (Å²) in [6, 6.07) is 54.8. The zero-order chi connectivity index (χ0) is 32.7. The van der Waals surface area contributed by atoms with Crippen molar-refractivity contribution in [2.24, 2.45) is 0 Å². The van der Waals surface area contributed by atoms with E-state index in [0.29, 0.717) is 16.9 Å². The van der Waals surface area contributed by atoms with E-state index in [4.69, 9.17) is 9.15 Å². The van der Waals surface area contributed by atoms with Crippen molar-refractivity contribution < 1.29 is 13.7 Å².